The molecule has 4 rings (SSSR count). The number of carbonyl (C=O) groups is 2. The quantitative estimate of drug-likeness (QED) is 0.674. The van der Waals surface area contributed by atoms with Crippen LogP contribution in [0.15, 0.2) is 34.5 Å². The smallest absolute Gasteiger partial charge is 0.353 e. The van der Waals surface area contributed by atoms with Gasteiger partial charge < -0.3 is 5.11 Å². The minimum atomic E-state index is -1.07. The highest BCUT2D eigenvalue weighted by molar-refractivity contribution is 8.03. The molecule has 0 saturated carbocycles. The second-order valence-electron chi connectivity index (χ2n) is 4.33. The molecule has 6 nitrogen and oxygen atoms in total. The van der Waals surface area contributed by atoms with E-state index in [4.69, 9.17) is 5.11 Å². The molecule has 2 aromatic rings. The Morgan fingerprint density at radius 1 is 1.50 bits per heavy atom. The van der Waals surface area contributed by atoms with E-state index >= 15 is 0 Å². The molecular weight excluding hydrogens is 298 g/mol. The third-order valence-corrected chi connectivity index (χ3v) is 5.02. The van der Waals surface area contributed by atoms with Crippen LogP contribution in [-0.2, 0) is 9.59 Å². The zero-order valence-corrected chi connectivity index (χ0v) is 11.5. The van der Waals surface area contributed by atoms with E-state index in [9.17, 15) is 9.59 Å². The molecular formula is C12H7N3O3S2. The zero-order valence-electron chi connectivity index (χ0n) is 9.89. The van der Waals surface area contributed by atoms with Crippen molar-refractivity contribution < 1.29 is 14.7 Å². The Bertz CT molecular complexity index is 788. The van der Waals surface area contributed by atoms with Crippen LogP contribution >= 0.6 is 23.1 Å². The summed E-state index contributed by atoms with van der Waals surface area (Å²) in [5.41, 5.74) is 1.35. The number of carboxylic acid groups (broad SMARTS) is 1. The lowest BCUT2D eigenvalue weighted by atomic mass is 10.0. The number of nitrogens with zero attached hydrogens (tertiary/aromatic N) is 3. The zero-order chi connectivity index (χ0) is 13.9. The molecule has 0 unspecified atom stereocenters. The lowest BCUT2D eigenvalue weighted by molar-refractivity contribution is -0.141. The van der Waals surface area contributed by atoms with Gasteiger partial charge in [-0.1, -0.05) is 0 Å². The highest BCUT2D eigenvalue weighted by atomic mass is 32.2. The number of thioether (sulfide) groups is 1. The van der Waals surface area contributed by atoms with Gasteiger partial charge >= 0.3 is 5.97 Å². The Balaban J connectivity index is 1.65. The van der Waals surface area contributed by atoms with Gasteiger partial charge in [0, 0.05) is 23.2 Å². The van der Waals surface area contributed by atoms with Crippen LogP contribution in [0.1, 0.15) is 5.69 Å². The molecule has 0 bridgehead atoms. The van der Waals surface area contributed by atoms with Gasteiger partial charge in [0.2, 0.25) is 0 Å². The van der Waals surface area contributed by atoms with Gasteiger partial charge in [0.25, 0.3) is 5.91 Å². The fourth-order valence-corrected chi connectivity index (χ4v) is 4.07. The van der Waals surface area contributed by atoms with E-state index in [-0.39, 0.29) is 17.0 Å². The van der Waals surface area contributed by atoms with Crippen LogP contribution in [0, 0.1) is 0 Å². The predicted molar refractivity (Wildman–Crippen MR) is 75.0 cm³/mol. The second kappa shape index (κ2) is 3.97. The summed E-state index contributed by atoms with van der Waals surface area (Å²) in [6, 6.07) is 0. The summed E-state index contributed by atoms with van der Waals surface area (Å²) in [6.07, 6.45) is 5.48. The van der Waals surface area contributed by atoms with Gasteiger partial charge in [-0.05, 0) is 6.08 Å². The molecule has 2 aliphatic rings. The Kier molecular flexibility index (Phi) is 2.33. The average Bonchev–Trinajstić information content (AvgIpc) is 3.07. The van der Waals surface area contributed by atoms with E-state index in [0.717, 1.165) is 4.96 Å². The third kappa shape index (κ3) is 1.49. The average molecular weight is 305 g/mol. The fourth-order valence-electron chi connectivity index (χ4n) is 2.24. The molecule has 0 spiro atoms. The number of thiazole rings is 1. The van der Waals surface area contributed by atoms with Crippen molar-refractivity contribution in [2.75, 3.05) is 0 Å². The summed E-state index contributed by atoms with van der Waals surface area (Å²) in [6.45, 7) is 0. The van der Waals surface area contributed by atoms with E-state index in [0.29, 0.717) is 11.3 Å². The number of hydrogen-bond donors (Lipinski definition) is 1. The highest BCUT2D eigenvalue weighted by Crippen LogP contribution is 2.44. The van der Waals surface area contributed by atoms with Crippen LogP contribution in [0.2, 0.25) is 0 Å². The lowest BCUT2D eigenvalue weighted by Gasteiger charge is -2.36. The molecule has 1 atom stereocenters. The van der Waals surface area contributed by atoms with E-state index in [1.807, 2.05) is 22.2 Å². The molecule has 2 aromatic heterocycles. The maximum absolute atomic E-state index is 12.0. The summed E-state index contributed by atoms with van der Waals surface area (Å²) in [5.74, 6) is -1.33. The van der Waals surface area contributed by atoms with Crippen molar-refractivity contribution >= 4 is 46.0 Å². The van der Waals surface area contributed by atoms with Crippen molar-refractivity contribution in [3.63, 3.8) is 0 Å². The molecule has 1 amide bonds. The molecule has 20 heavy (non-hydrogen) atoms. The Hall–Kier alpha value is -2.06. The fraction of sp³-hybridized carbons (Fsp3) is 0.0833. The number of aliphatic carboxylic acids is 1. The number of aromatic nitrogens is 2. The van der Waals surface area contributed by atoms with Gasteiger partial charge in [-0.3, -0.25) is 14.1 Å². The number of amides is 1. The molecule has 1 N–H and O–H groups in total. The molecule has 1 fully saturated rings. The van der Waals surface area contributed by atoms with Gasteiger partial charge in [-0.2, -0.15) is 0 Å². The van der Waals surface area contributed by atoms with Crippen LogP contribution in [-0.4, -0.2) is 36.6 Å². The number of β-lactam (4-membered cyclic amide) rings is 1. The van der Waals surface area contributed by atoms with E-state index in [2.05, 4.69) is 4.98 Å². The lowest BCUT2D eigenvalue weighted by Crippen LogP contribution is -2.51. The number of fused-ring (bicyclic) bond motifs is 2. The second-order valence-corrected chi connectivity index (χ2v) is 6.16. The van der Waals surface area contributed by atoms with Crippen molar-refractivity contribution in [1.82, 2.24) is 14.3 Å². The number of imidazole rings is 1. The van der Waals surface area contributed by atoms with Crippen molar-refractivity contribution in [3.05, 3.63) is 40.1 Å². The van der Waals surface area contributed by atoms with E-state index in [1.54, 1.807) is 6.08 Å². The minimum absolute atomic E-state index is 0.0490. The number of rotatable bonds is 2. The molecule has 4 heterocycles. The van der Waals surface area contributed by atoms with E-state index in [1.165, 1.54) is 33.4 Å². The van der Waals surface area contributed by atoms with Gasteiger partial charge in [-0.25, -0.2) is 9.78 Å². The van der Waals surface area contributed by atoms with E-state index < -0.39 is 5.97 Å². The van der Waals surface area contributed by atoms with Crippen molar-refractivity contribution in [1.29, 1.82) is 0 Å². The number of carbonyl (C=O) groups excluding carboxylic acids is 1. The molecule has 1 saturated heterocycles. The Morgan fingerprint density at radius 2 is 2.35 bits per heavy atom. The summed E-state index contributed by atoms with van der Waals surface area (Å²) >= 11 is 2.85. The topological polar surface area (TPSA) is 74.9 Å². The monoisotopic (exact) mass is 305 g/mol. The molecule has 8 heteroatoms. The number of hydrogen-bond acceptors (Lipinski definition) is 5. The first-order valence-electron chi connectivity index (χ1n) is 5.71. The number of carboxylic acids is 1. The third-order valence-electron chi connectivity index (χ3n) is 3.17. The predicted octanol–water partition coefficient (Wildman–Crippen LogP) is 1.62. The van der Waals surface area contributed by atoms with Crippen LogP contribution in [0.25, 0.3) is 11.0 Å². The Labute approximate surface area is 121 Å². The van der Waals surface area contributed by atoms with Crippen molar-refractivity contribution in [2.24, 2.45) is 0 Å². The van der Waals surface area contributed by atoms with Crippen molar-refractivity contribution in [3.8, 4) is 0 Å². The van der Waals surface area contributed by atoms with Crippen LogP contribution in [0.4, 0.5) is 0 Å². The SMILES string of the molecule is O=C(O)C1=CS[C@H]2/C(=C\c3cn4ccsc4n3)C(=O)N12. The standard InChI is InChI=1S/C12H7N3O3S2/c16-9-7(10-15(9)8(5-20-10)11(17)18)3-6-4-14-1-2-19-12(14)13-6/h1-5,10H,(H,17,18)/b7-3-/t10-/m0/s1. The van der Waals surface area contributed by atoms with Gasteiger partial charge in [-0.15, -0.1) is 23.1 Å². The molecule has 0 aliphatic carbocycles. The maximum atomic E-state index is 12.0. The summed E-state index contributed by atoms with van der Waals surface area (Å²) < 4.78 is 1.89. The molecule has 2 aliphatic heterocycles. The largest absolute Gasteiger partial charge is 0.477 e. The first kappa shape index (κ1) is 11.7. The molecule has 100 valence electrons. The summed E-state index contributed by atoms with van der Waals surface area (Å²) in [5, 5.41) is 12.2. The van der Waals surface area contributed by atoms with Crippen LogP contribution in [0.5, 0.6) is 0 Å². The van der Waals surface area contributed by atoms with Crippen LogP contribution < -0.4 is 0 Å². The van der Waals surface area contributed by atoms with Crippen LogP contribution in [0.3, 0.4) is 0 Å². The summed E-state index contributed by atoms with van der Waals surface area (Å²) in [4.78, 5) is 29.6. The first-order chi connectivity index (χ1) is 9.65. The summed E-state index contributed by atoms with van der Waals surface area (Å²) in [7, 11) is 0. The van der Waals surface area contributed by atoms with Gasteiger partial charge in [0.05, 0.1) is 11.3 Å². The highest BCUT2D eigenvalue weighted by Gasteiger charge is 2.49. The minimum Gasteiger partial charge on any atom is -0.477 e. The van der Waals surface area contributed by atoms with Gasteiger partial charge in [0.15, 0.2) is 4.96 Å². The molecule has 0 aromatic carbocycles. The van der Waals surface area contributed by atoms with Crippen molar-refractivity contribution in [2.45, 2.75) is 5.37 Å². The maximum Gasteiger partial charge on any atom is 0.353 e. The Morgan fingerprint density at radius 3 is 3.10 bits per heavy atom. The molecule has 0 radical (unpaired) electrons. The normalized spacial score (nSPS) is 23.1. The van der Waals surface area contributed by atoms with Gasteiger partial charge in [0.1, 0.15) is 11.1 Å². The first-order valence-corrected chi connectivity index (χ1v) is 7.53.